The molecule has 1 aliphatic carbocycles. The third-order valence-corrected chi connectivity index (χ3v) is 8.17. The van der Waals surface area contributed by atoms with Gasteiger partial charge in [-0.05, 0) is 43.9 Å². The van der Waals surface area contributed by atoms with E-state index in [0.717, 1.165) is 23.8 Å². The lowest BCUT2D eigenvalue weighted by molar-refractivity contribution is -0.136. The molecule has 0 aromatic heterocycles. The van der Waals surface area contributed by atoms with Gasteiger partial charge in [0.2, 0.25) is 0 Å². The van der Waals surface area contributed by atoms with Crippen LogP contribution >= 0.6 is 30.8 Å². The molecule has 3 amide bonds. The first-order valence-corrected chi connectivity index (χ1v) is 16.6. The minimum atomic E-state index is -4.10. The number of hydrogen-bond donors (Lipinski definition) is 5. The van der Waals surface area contributed by atoms with Gasteiger partial charge in [0.15, 0.2) is 18.2 Å². The second-order valence-corrected chi connectivity index (χ2v) is 12.7. The van der Waals surface area contributed by atoms with E-state index in [0.29, 0.717) is 24.0 Å². The largest absolute Gasteiger partial charge is 0.494 e. The second-order valence-electron chi connectivity index (χ2n) is 10.2. The number of fused-ring (bicyclic) bond motifs is 1. The molecule has 0 unspecified atom stereocenters. The van der Waals surface area contributed by atoms with Gasteiger partial charge in [0.1, 0.15) is 11.3 Å². The van der Waals surface area contributed by atoms with E-state index < -0.39 is 50.0 Å². The normalized spacial score (nSPS) is 15.2. The highest BCUT2D eigenvalue weighted by atomic mass is 35.5. The van der Waals surface area contributed by atoms with Crippen LogP contribution in [0.3, 0.4) is 0 Å². The van der Waals surface area contributed by atoms with Crippen LogP contribution in [0.4, 0.5) is 15.8 Å². The van der Waals surface area contributed by atoms with Gasteiger partial charge in [-0.2, -0.15) is 0 Å². The standard InChI is InChI=1S/C19H15FN2O4.C8H6Cl2O3.C3H8NO5P/c1-2-7-21-15-9-14(13(20)8-16(15)26-10-17(21)23)22-18(24)11-5-3-4-6-12(11)19(22)25;1-13-7-5(10)3-2-4(9)6(7)8(11)12;5-3(6)1-4-2-10(7,8)9/h1,8-9H,3-7,10H2;2-3H,1H3,(H,11,12);4H,1-2H2,(H,5,6)(H2,7,8,9). The number of nitrogens with zero attached hydrogens (tertiary/aromatic N) is 2. The van der Waals surface area contributed by atoms with Gasteiger partial charge in [-0.1, -0.05) is 29.1 Å². The number of halogens is 3. The Hall–Kier alpha value is -4.49. The average molecular weight is 744 g/mol. The van der Waals surface area contributed by atoms with Crippen LogP contribution in [0.2, 0.25) is 10.0 Å². The van der Waals surface area contributed by atoms with Crippen molar-refractivity contribution in [3.8, 4) is 23.8 Å². The topological polar surface area (TPSA) is 220 Å². The summed E-state index contributed by atoms with van der Waals surface area (Å²) in [5, 5.41) is 19.2. The molecule has 2 aliphatic heterocycles. The monoisotopic (exact) mass is 743 g/mol. The molecule has 5 rings (SSSR count). The predicted molar refractivity (Wildman–Crippen MR) is 174 cm³/mol. The quantitative estimate of drug-likeness (QED) is 0.149. The smallest absolute Gasteiger partial charge is 0.341 e. The molecule has 2 heterocycles. The van der Waals surface area contributed by atoms with Crippen LogP contribution in [0, 0.1) is 18.2 Å². The first-order valence-electron chi connectivity index (χ1n) is 14.1. The van der Waals surface area contributed by atoms with Crippen molar-refractivity contribution in [1.82, 2.24) is 5.32 Å². The number of carboxylic acids is 2. The zero-order valence-electron chi connectivity index (χ0n) is 25.6. The summed E-state index contributed by atoms with van der Waals surface area (Å²) in [5.74, 6) is -1.82. The van der Waals surface area contributed by atoms with E-state index in [4.69, 9.17) is 59.1 Å². The van der Waals surface area contributed by atoms with Gasteiger partial charge in [-0.15, -0.1) is 6.42 Å². The number of methoxy groups -OCH3 is 1. The first-order chi connectivity index (χ1) is 23.0. The summed E-state index contributed by atoms with van der Waals surface area (Å²) in [6.45, 7) is -0.701. The highest BCUT2D eigenvalue weighted by Crippen LogP contribution is 2.42. The number of aliphatic carboxylic acids is 1. The van der Waals surface area contributed by atoms with E-state index in [1.165, 1.54) is 30.2 Å². The third kappa shape index (κ3) is 9.57. The number of carbonyl (C=O) groups is 5. The Morgan fingerprint density at radius 2 is 1.65 bits per heavy atom. The zero-order chi connectivity index (χ0) is 36.6. The second kappa shape index (κ2) is 16.8. The van der Waals surface area contributed by atoms with Crippen LogP contribution < -0.4 is 24.6 Å². The third-order valence-electron chi connectivity index (χ3n) is 6.92. The Labute approximate surface area is 288 Å². The first kappa shape index (κ1) is 39.0. The van der Waals surface area contributed by atoms with Crippen molar-refractivity contribution >= 4 is 71.8 Å². The molecule has 0 saturated carbocycles. The van der Waals surface area contributed by atoms with Gasteiger partial charge >= 0.3 is 19.5 Å². The zero-order valence-corrected chi connectivity index (χ0v) is 28.0. The summed E-state index contributed by atoms with van der Waals surface area (Å²) in [6.07, 6.45) is 7.41. The maximum absolute atomic E-state index is 14.7. The molecule has 0 atom stereocenters. The SMILES string of the molecule is C#CCN1C(=O)COc2cc(F)c(N3C(=O)C4=C(CCCC4)C3=O)cc21.COc1c(Cl)ccc(Cl)c1C(=O)O.O=C(O)CNCP(=O)(O)O. The number of amides is 3. The Morgan fingerprint density at radius 3 is 2.14 bits per heavy atom. The van der Waals surface area contributed by atoms with E-state index >= 15 is 0 Å². The van der Waals surface area contributed by atoms with Gasteiger partial charge < -0.3 is 29.5 Å². The van der Waals surface area contributed by atoms with Gasteiger partial charge in [0.05, 0.1) is 47.9 Å². The Balaban J connectivity index is 0.000000236. The summed E-state index contributed by atoms with van der Waals surface area (Å²) >= 11 is 11.4. The Kier molecular flexibility index (Phi) is 13.3. The molecule has 2 aromatic carbocycles. The summed E-state index contributed by atoms with van der Waals surface area (Å²) in [5.41, 5.74) is 0.878. The van der Waals surface area contributed by atoms with Crippen molar-refractivity contribution in [3.63, 3.8) is 0 Å². The molecule has 0 radical (unpaired) electrons. The highest BCUT2D eigenvalue weighted by Gasteiger charge is 2.41. The minimum absolute atomic E-state index is 0.0170. The fourth-order valence-electron chi connectivity index (χ4n) is 4.85. The lowest BCUT2D eigenvalue weighted by Crippen LogP contribution is -2.39. The molecule has 0 spiro atoms. The Morgan fingerprint density at radius 1 is 1.06 bits per heavy atom. The van der Waals surface area contributed by atoms with E-state index in [2.05, 4.69) is 11.2 Å². The minimum Gasteiger partial charge on any atom is -0.494 e. The summed E-state index contributed by atoms with van der Waals surface area (Å²) in [4.78, 5) is 76.4. The number of imide groups is 1. The van der Waals surface area contributed by atoms with Crippen molar-refractivity contribution < 1.29 is 62.4 Å². The lowest BCUT2D eigenvalue weighted by atomic mass is 9.93. The fourth-order valence-corrected chi connectivity index (χ4v) is 5.71. The molecule has 0 bridgehead atoms. The lowest BCUT2D eigenvalue weighted by Gasteiger charge is -2.29. The number of terminal acetylenes is 1. The van der Waals surface area contributed by atoms with Gasteiger partial charge in [-0.3, -0.25) is 34.0 Å². The number of benzene rings is 2. The van der Waals surface area contributed by atoms with Crippen molar-refractivity contribution in [2.24, 2.45) is 0 Å². The van der Waals surface area contributed by atoms with Crippen LogP contribution in [0.25, 0.3) is 0 Å². The number of nitrogens with one attached hydrogen (secondary N) is 1. The van der Waals surface area contributed by atoms with Gasteiger partial charge in [-0.25, -0.2) is 14.1 Å². The summed E-state index contributed by atoms with van der Waals surface area (Å²) in [7, 11) is -2.76. The van der Waals surface area contributed by atoms with Crippen LogP contribution in [0.1, 0.15) is 36.0 Å². The van der Waals surface area contributed by atoms with E-state index in [-0.39, 0.29) is 57.5 Å². The number of aromatic carboxylic acids is 1. The molecular formula is C30H29Cl2FN3O12P. The maximum Gasteiger partial charge on any atom is 0.341 e. The molecular weight excluding hydrogens is 715 g/mol. The Bertz CT molecular complexity index is 1780. The summed E-state index contributed by atoms with van der Waals surface area (Å²) in [6, 6.07) is 5.26. The van der Waals surface area contributed by atoms with Crippen LogP contribution in [0.5, 0.6) is 11.5 Å². The predicted octanol–water partition coefficient (Wildman–Crippen LogP) is 3.42. The van der Waals surface area contributed by atoms with E-state index in [1.807, 2.05) is 0 Å². The number of ether oxygens (including phenoxy) is 2. The highest BCUT2D eigenvalue weighted by molar-refractivity contribution is 7.51. The molecule has 0 fully saturated rings. The molecule has 19 heteroatoms. The summed E-state index contributed by atoms with van der Waals surface area (Å²) < 4.78 is 34.8. The molecule has 3 aliphatic rings. The van der Waals surface area contributed by atoms with Crippen molar-refractivity contribution in [3.05, 3.63) is 56.8 Å². The molecule has 262 valence electrons. The fraction of sp³-hybridized carbons (Fsp3) is 0.300. The van der Waals surface area contributed by atoms with Gasteiger partial charge in [0.25, 0.3) is 17.7 Å². The van der Waals surface area contributed by atoms with Crippen LogP contribution in [-0.4, -0.2) is 82.8 Å². The van der Waals surface area contributed by atoms with Crippen LogP contribution in [-0.2, 0) is 23.7 Å². The molecule has 15 nitrogen and oxygen atoms in total. The van der Waals surface area contributed by atoms with E-state index in [9.17, 15) is 32.9 Å². The number of anilines is 2. The number of rotatable bonds is 8. The van der Waals surface area contributed by atoms with Crippen LogP contribution in [0.15, 0.2) is 35.4 Å². The maximum atomic E-state index is 14.7. The average Bonchev–Trinajstić information content (AvgIpc) is 3.28. The van der Waals surface area contributed by atoms with Gasteiger partial charge in [0, 0.05) is 17.2 Å². The molecule has 2 aromatic rings. The number of carboxylic acid groups (broad SMARTS) is 2. The molecule has 0 saturated heterocycles. The molecule has 5 N–H and O–H groups in total. The number of hydrogen-bond acceptors (Lipinski definition) is 9. The van der Waals surface area contributed by atoms with E-state index in [1.54, 1.807) is 0 Å². The molecule has 49 heavy (non-hydrogen) atoms. The van der Waals surface area contributed by atoms with Crippen molar-refractivity contribution in [1.29, 1.82) is 0 Å². The van der Waals surface area contributed by atoms with Crippen molar-refractivity contribution in [2.45, 2.75) is 25.7 Å². The van der Waals surface area contributed by atoms with Crippen molar-refractivity contribution in [2.75, 3.05) is 42.9 Å². The number of carbonyl (C=O) groups excluding carboxylic acids is 3.